The first-order valence-electron chi connectivity index (χ1n) is 7.49. The second kappa shape index (κ2) is 9.30. The predicted octanol–water partition coefficient (Wildman–Crippen LogP) is 4.67. The standard InChI is InChI=1S/C18H18Cl2N2O2/c1-13(14-5-3-2-4-6-14)9-10-21-22-18(23)12-24-17-11-15(19)7-8-16(17)20/h2-8,10-11,13H,9,12H2,1H3,(H,22,23)/t13-/m1/s1. The number of hydrogen-bond acceptors (Lipinski definition) is 3. The van der Waals surface area contributed by atoms with Crippen LogP contribution in [0.5, 0.6) is 5.75 Å². The van der Waals surface area contributed by atoms with Gasteiger partial charge in [0, 0.05) is 17.3 Å². The van der Waals surface area contributed by atoms with Crippen LogP contribution in [0.15, 0.2) is 53.6 Å². The molecular formula is C18H18Cl2N2O2. The van der Waals surface area contributed by atoms with Crippen LogP contribution in [-0.2, 0) is 4.79 Å². The van der Waals surface area contributed by atoms with E-state index in [0.717, 1.165) is 6.42 Å². The van der Waals surface area contributed by atoms with E-state index in [1.807, 2.05) is 18.2 Å². The fraction of sp³-hybridized carbons (Fsp3) is 0.222. The number of hydrazone groups is 1. The molecule has 1 amide bonds. The highest BCUT2D eigenvalue weighted by molar-refractivity contribution is 6.34. The van der Waals surface area contributed by atoms with Crippen LogP contribution in [0.2, 0.25) is 10.0 Å². The number of rotatable bonds is 7. The zero-order chi connectivity index (χ0) is 17.4. The Morgan fingerprint density at radius 2 is 2.00 bits per heavy atom. The van der Waals surface area contributed by atoms with Crippen molar-refractivity contribution in [1.82, 2.24) is 5.43 Å². The minimum atomic E-state index is -0.366. The van der Waals surface area contributed by atoms with Crippen LogP contribution in [0.3, 0.4) is 0 Å². The molecule has 6 heteroatoms. The molecule has 0 saturated heterocycles. The lowest BCUT2D eigenvalue weighted by Crippen LogP contribution is -2.24. The molecule has 0 radical (unpaired) electrons. The summed E-state index contributed by atoms with van der Waals surface area (Å²) in [6.45, 7) is 1.92. The number of halogens is 2. The van der Waals surface area contributed by atoms with E-state index in [4.69, 9.17) is 27.9 Å². The average molecular weight is 365 g/mol. The summed E-state index contributed by atoms with van der Waals surface area (Å²) in [7, 11) is 0. The minimum Gasteiger partial charge on any atom is -0.482 e. The summed E-state index contributed by atoms with van der Waals surface area (Å²) in [5.41, 5.74) is 3.65. The Labute approximate surface area is 151 Å². The lowest BCUT2D eigenvalue weighted by atomic mass is 9.99. The molecule has 126 valence electrons. The Hall–Kier alpha value is -2.04. The van der Waals surface area contributed by atoms with Crippen LogP contribution in [0.1, 0.15) is 24.8 Å². The highest BCUT2D eigenvalue weighted by atomic mass is 35.5. The molecule has 0 unspecified atom stereocenters. The average Bonchev–Trinajstić information content (AvgIpc) is 2.60. The summed E-state index contributed by atoms with van der Waals surface area (Å²) in [6, 6.07) is 14.9. The topological polar surface area (TPSA) is 50.7 Å². The third-order valence-corrected chi connectivity index (χ3v) is 3.91. The molecule has 0 saturated carbocycles. The molecule has 0 heterocycles. The summed E-state index contributed by atoms with van der Waals surface area (Å²) in [6.07, 6.45) is 2.41. The van der Waals surface area contributed by atoms with E-state index in [1.165, 1.54) is 5.56 Å². The van der Waals surface area contributed by atoms with Gasteiger partial charge in [-0.2, -0.15) is 5.10 Å². The Bertz CT molecular complexity index is 705. The highest BCUT2D eigenvalue weighted by Crippen LogP contribution is 2.27. The number of carbonyl (C=O) groups is 1. The molecule has 2 aromatic carbocycles. The Kier molecular flexibility index (Phi) is 7.09. The van der Waals surface area contributed by atoms with Crippen LogP contribution in [0.4, 0.5) is 0 Å². The molecule has 0 aliphatic carbocycles. The van der Waals surface area contributed by atoms with Crippen molar-refractivity contribution in [3.8, 4) is 5.75 Å². The van der Waals surface area contributed by atoms with E-state index < -0.39 is 0 Å². The molecule has 4 nitrogen and oxygen atoms in total. The Balaban J connectivity index is 1.74. The zero-order valence-electron chi connectivity index (χ0n) is 13.2. The first kappa shape index (κ1) is 18.3. The maximum absolute atomic E-state index is 11.7. The molecule has 0 fully saturated rings. The van der Waals surface area contributed by atoms with E-state index in [-0.39, 0.29) is 12.5 Å². The molecule has 0 spiro atoms. The number of ether oxygens (including phenoxy) is 1. The largest absolute Gasteiger partial charge is 0.482 e. The van der Waals surface area contributed by atoms with Gasteiger partial charge >= 0.3 is 0 Å². The van der Waals surface area contributed by atoms with Crippen molar-refractivity contribution in [2.45, 2.75) is 19.3 Å². The first-order chi connectivity index (χ1) is 11.6. The number of nitrogens with zero attached hydrogens (tertiary/aromatic N) is 1. The van der Waals surface area contributed by atoms with Crippen molar-refractivity contribution >= 4 is 35.3 Å². The SMILES string of the molecule is C[C@H](CC=NNC(=O)COc1cc(Cl)ccc1Cl)c1ccccc1. The molecule has 2 aromatic rings. The second-order valence-corrected chi connectivity index (χ2v) is 6.10. The van der Waals surface area contributed by atoms with Gasteiger partial charge in [-0.25, -0.2) is 5.43 Å². The molecule has 1 N–H and O–H groups in total. The van der Waals surface area contributed by atoms with Gasteiger partial charge in [0.05, 0.1) is 5.02 Å². The summed E-state index contributed by atoms with van der Waals surface area (Å²) in [4.78, 5) is 11.7. The number of benzene rings is 2. The van der Waals surface area contributed by atoms with Crippen molar-refractivity contribution in [1.29, 1.82) is 0 Å². The van der Waals surface area contributed by atoms with Crippen molar-refractivity contribution in [2.75, 3.05) is 6.61 Å². The van der Waals surface area contributed by atoms with E-state index in [0.29, 0.717) is 21.7 Å². The van der Waals surface area contributed by atoms with Gasteiger partial charge in [-0.15, -0.1) is 0 Å². The molecule has 0 aliphatic heterocycles. The lowest BCUT2D eigenvalue weighted by molar-refractivity contribution is -0.123. The van der Waals surface area contributed by atoms with Gasteiger partial charge in [-0.05, 0) is 30.0 Å². The number of nitrogens with one attached hydrogen (secondary N) is 1. The predicted molar refractivity (Wildman–Crippen MR) is 98.1 cm³/mol. The van der Waals surface area contributed by atoms with Gasteiger partial charge in [-0.1, -0.05) is 60.5 Å². The maximum Gasteiger partial charge on any atom is 0.277 e. The summed E-state index contributed by atoms with van der Waals surface area (Å²) in [5.74, 6) is 0.323. The van der Waals surface area contributed by atoms with Crippen molar-refractivity contribution in [3.63, 3.8) is 0 Å². The van der Waals surface area contributed by atoms with Gasteiger partial charge in [0.25, 0.3) is 5.91 Å². The normalized spacial score (nSPS) is 12.1. The number of carbonyl (C=O) groups excluding carboxylic acids is 1. The third kappa shape index (κ3) is 5.87. The zero-order valence-corrected chi connectivity index (χ0v) is 14.7. The first-order valence-corrected chi connectivity index (χ1v) is 8.25. The van der Waals surface area contributed by atoms with Gasteiger partial charge < -0.3 is 4.74 Å². The third-order valence-electron chi connectivity index (χ3n) is 3.36. The van der Waals surface area contributed by atoms with E-state index in [1.54, 1.807) is 24.4 Å². The molecule has 1 atom stereocenters. The summed E-state index contributed by atoms with van der Waals surface area (Å²) >= 11 is 11.8. The van der Waals surface area contributed by atoms with Crippen molar-refractivity contribution in [2.24, 2.45) is 5.10 Å². The molecule has 0 bridgehead atoms. The van der Waals surface area contributed by atoms with Crippen LogP contribution in [-0.4, -0.2) is 18.7 Å². The fourth-order valence-corrected chi connectivity index (χ4v) is 2.34. The Morgan fingerprint density at radius 3 is 2.75 bits per heavy atom. The summed E-state index contributed by atoms with van der Waals surface area (Å²) < 4.78 is 5.32. The summed E-state index contributed by atoms with van der Waals surface area (Å²) in [5, 5.41) is 4.81. The van der Waals surface area contributed by atoms with Gasteiger partial charge in [0.15, 0.2) is 6.61 Å². The smallest absolute Gasteiger partial charge is 0.277 e. The quantitative estimate of drug-likeness (QED) is 0.573. The van der Waals surface area contributed by atoms with Crippen molar-refractivity contribution < 1.29 is 9.53 Å². The van der Waals surface area contributed by atoms with E-state index >= 15 is 0 Å². The van der Waals surface area contributed by atoms with Gasteiger partial charge in [-0.3, -0.25) is 4.79 Å². The van der Waals surface area contributed by atoms with Gasteiger partial charge in [0.2, 0.25) is 0 Å². The van der Waals surface area contributed by atoms with E-state index in [2.05, 4.69) is 29.6 Å². The van der Waals surface area contributed by atoms with E-state index in [9.17, 15) is 4.79 Å². The molecule has 24 heavy (non-hydrogen) atoms. The molecule has 0 aromatic heterocycles. The van der Waals surface area contributed by atoms with Crippen LogP contribution in [0.25, 0.3) is 0 Å². The highest BCUT2D eigenvalue weighted by Gasteiger charge is 2.06. The van der Waals surface area contributed by atoms with Gasteiger partial charge in [0.1, 0.15) is 5.75 Å². The van der Waals surface area contributed by atoms with Crippen LogP contribution >= 0.6 is 23.2 Å². The molecule has 2 rings (SSSR count). The van der Waals surface area contributed by atoms with Crippen molar-refractivity contribution in [3.05, 3.63) is 64.1 Å². The van der Waals surface area contributed by atoms with Crippen LogP contribution < -0.4 is 10.2 Å². The molecular weight excluding hydrogens is 347 g/mol. The number of amides is 1. The lowest BCUT2D eigenvalue weighted by Gasteiger charge is -2.08. The fourth-order valence-electron chi connectivity index (χ4n) is 2.01. The second-order valence-electron chi connectivity index (χ2n) is 5.26. The number of hydrogen-bond donors (Lipinski definition) is 1. The monoisotopic (exact) mass is 364 g/mol. The Morgan fingerprint density at radius 1 is 1.25 bits per heavy atom. The van der Waals surface area contributed by atoms with Crippen LogP contribution in [0, 0.1) is 0 Å². The molecule has 0 aliphatic rings. The minimum absolute atomic E-state index is 0.189. The maximum atomic E-state index is 11.7.